The lowest BCUT2D eigenvalue weighted by atomic mass is 9.97. The van der Waals surface area contributed by atoms with Crippen LogP contribution in [0.5, 0.6) is 0 Å². The Labute approximate surface area is 107 Å². The molecule has 2 aromatic rings. The van der Waals surface area contributed by atoms with Crippen molar-refractivity contribution in [1.82, 2.24) is 25.5 Å². The summed E-state index contributed by atoms with van der Waals surface area (Å²) in [6.45, 7) is 4.24. The predicted octanol–water partition coefficient (Wildman–Crippen LogP) is 1.33. The van der Waals surface area contributed by atoms with Crippen molar-refractivity contribution in [3.8, 4) is 0 Å². The average Bonchev–Trinajstić information content (AvgIpc) is 2.72. The number of nitrogens with one attached hydrogen (secondary N) is 1. The lowest BCUT2D eigenvalue weighted by Crippen LogP contribution is -2.20. The Bertz CT molecular complexity index is 532. The fraction of sp³-hybridized carbons (Fsp3) is 0.462. The van der Waals surface area contributed by atoms with E-state index >= 15 is 0 Å². The van der Waals surface area contributed by atoms with Gasteiger partial charge in [0.05, 0.1) is 7.05 Å². The molecule has 0 radical (unpaired) electrons. The van der Waals surface area contributed by atoms with Crippen molar-refractivity contribution in [2.24, 2.45) is 7.05 Å². The molecule has 0 saturated heterocycles. The van der Waals surface area contributed by atoms with Crippen LogP contribution in [-0.2, 0) is 13.5 Å². The smallest absolute Gasteiger partial charge is 0.176 e. The second-order valence-electron chi connectivity index (χ2n) is 4.60. The van der Waals surface area contributed by atoms with Crippen LogP contribution in [0.25, 0.3) is 0 Å². The first-order chi connectivity index (χ1) is 8.60. The third-order valence-corrected chi connectivity index (χ3v) is 3.09. The summed E-state index contributed by atoms with van der Waals surface area (Å²) in [5.74, 6) is 0.761. The predicted molar refractivity (Wildman–Crippen MR) is 70.2 cm³/mol. The summed E-state index contributed by atoms with van der Waals surface area (Å²) in [4.78, 5) is 1.49. The minimum absolute atomic E-state index is 0.217. The maximum Gasteiger partial charge on any atom is 0.176 e. The highest BCUT2D eigenvalue weighted by molar-refractivity contribution is 5.33. The number of tetrazole rings is 1. The second-order valence-corrected chi connectivity index (χ2v) is 4.60. The highest BCUT2D eigenvalue weighted by Crippen LogP contribution is 2.21. The van der Waals surface area contributed by atoms with Crippen molar-refractivity contribution < 1.29 is 0 Å². The molecule has 1 aromatic carbocycles. The maximum absolute atomic E-state index is 4.23. The first-order valence-electron chi connectivity index (χ1n) is 6.07. The summed E-state index contributed by atoms with van der Waals surface area (Å²) < 4.78 is 0. The van der Waals surface area contributed by atoms with E-state index in [4.69, 9.17) is 0 Å². The van der Waals surface area contributed by atoms with Crippen LogP contribution >= 0.6 is 0 Å². The van der Waals surface area contributed by atoms with Gasteiger partial charge in [-0.2, -0.15) is 4.80 Å². The largest absolute Gasteiger partial charge is 0.313 e. The summed E-state index contributed by atoms with van der Waals surface area (Å²) in [6, 6.07) is 6.72. The van der Waals surface area contributed by atoms with Gasteiger partial charge in [0.15, 0.2) is 5.82 Å². The van der Waals surface area contributed by atoms with Crippen molar-refractivity contribution >= 4 is 0 Å². The lowest BCUT2D eigenvalue weighted by molar-refractivity contribution is 0.567. The average molecular weight is 245 g/mol. The van der Waals surface area contributed by atoms with Gasteiger partial charge >= 0.3 is 0 Å². The molecule has 0 aliphatic heterocycles. The summed E-state index contributed by atoms with van der Waals surface area (Å²) in [7, 11) is 3.74. The minimum atomic E-state index is 0.217. The van der Waals surface area contributed by atoms with E-state index in [1.165, 1.54) is 21.5 Å². The van der Waals surface area contributed by atoms with Gasteiger partial charge in [0, 0.05) is 12.5 Å². The van der Waals surface area contributed by atoms with Crippen LogP contribution in [0.15, 0.2) is 18.2 Å². The molecule has 0 fully saturated rings. The Morgan fingerprint density at radius 1 is 1.33 bits per heavy atom. The molecule has 0 amide bonds. The Hall–Kier alpha value is -1.75. The van der Waals surface area contributed by atoms with Gasteiger partial charge in [0.2, 0.25) is 0 Å². The summed E-state index contributed by atoms with van der Waals surface area (Å²) >= 11 is 0. The zero-order valence-electron chi connectivity index (χ0n) is 11.3. The number of aryl methyl sites for hydroxylation is 3. The molecule has 0 bridgehead atoms. The van der Waals surface area contributed by atoms with E-state index in [1.807, 2.05) is 7.05 Å². The molecule has 5 nitrogen and oxygen atoms in total. The number of nitrogens with zero attached hydrogens (tertiary/aromatic N) is 4. The van der Waals surface area contributed by atoms with Crippen LogP contribution in [0, 0.1) is 13.8 Å². The molecule has 1 N–H and O–H groups in total. The van der Waals surface area contributed by atoms with Gasteiger partial charge in [0.25, 0.3) is 0 Å². The molecule has 0 spiro atoms. The number of likely N-dealkylation sites (N-methyl/N-ethyl adjacent to an activating group) is 1. The molecule has 1 aromatic heterocycles. The van der Waals surface area contributed by atoms with Gasteiger partial charge in [-0.1, -0.05) is 23.8 Å². The first-order valence-corrected chi connectivity index (χ1v) is 6.07. The van der Waals surface area contributed by atoms with Gasteiger partial charge in [-0.3, -0.25) is 0 Å². The van der Waals surface area contributed by atoms with Crippen LogP contribution in [0.2, 0.25) is 0 Å². The molecule has 18 heavy (non-hydrogen) atoms. The third kappa shape index (κ3) is 2.73. The zero-order valence-corrected chi connectivity index (χ0v) is 11.3. The van der Waals surface area contributed by atoms with Crippen LogP contribution in [0.4, 0.5) is 0 Å². The molecule has 1 heterocycles. The first kappa shape index (κ1) is 12.7. The van der Waals surface area contributed by atoms with Gasteiger partial charge < -0.3 is 5.32 Å². The number of benzene rings is 1. The maximum atomic E-state index is 4.23. The van der Waals surface area contributed by atoms with Crippen molar-refractivity contribution in [2.45, 2.75) is 26.3 Å². The summed E-state index contributed by atoms with van der Waals surface area (Å²) in [6.07, 6.45) is 0.744. The Morgan fingerprint density at radius 2 is 2.11 bits per heavy atom. The Morgan fingerprint density at radius 3 is 2.67 bits per heavy atom. The topological polar surface area (TPSA) is 55.6 Å². The van der Waals surface area contributed by atoms with Gasteiger partial charge in [-0.05, 0) is 37.2 Å². The molecular weight excluding hydrogens is 226 g/mol. The van der Waals surface area contributed by atoms with E-state index in [9.17, 15) is 0 Å². The monoisotopic (exact) mass is 245 g/mol. The standard InChI is InChI=1S/C13H19N5/c1-9-5-6-11(10(2)7-9)12(14-3)8-13-15-17-18(4)16-13/h5-7,12,14H,8H2,1-4H3. The van der Waals surface area contributed by atoms with E-state index in [2.05, 4.69) is 52.8 Å². The van der Waals surface area contributed by atoms with Gasteiger partial charge in [-0.15, -0.1) is 10.2 Å². The van der Waals surface area contributed by atoms with Crippen molar-refractivity contribution in [3.05, 3.63) is 40.7 Å². The number of aromatic nitrogens is 4. The second kappa shape index (κ2) is 5.27. The van der Waals surface area contributed by atoms with E-state index in [0.29, 0.717) is 0 Å². The fourth-order valence-corrected chi connectivity index (χ4v) is 2.17. The summed E-state index contributed by atoms with van der Waals surface area (Å²) in [5, 5.41) is 15.4. The molecular formula is C13H19N5. The normalized spacial score (nSPS) is 12.7. The van der Waals surface area contributed by atoms with Crippen molar-refractivity contribution in [3.63, 3.8) is 0 Å². The van der Waals surface area contributed by atoms with Crippen molar-refractivity contribution in [2.75, 3.05) is 7.05 Å². The molecule has 2 rings (SSSR count). The van der Waals surface area contributed by atoms with Gasteiger partial charge in [0.1, 0.15) is 0 Å². The van der Waals surface area contributed by atoms with Crippen LogP contribution in [0.3, 0.4) is 0 Å². The molecule has 0 saturated carbocycles. The van der Waals surface area contributed by atoms with Crippen LogP contribution in [0.1, 0.15) is 28.6 Å². The number of hydrogen-bond acceptors (Lipinski definition) is 4. The van der Waals surface area contributed by atoms with E-state index < -0.39 is 0 Å². The Balaban J connectivity index is 2.22. The van der Waals surface area contributed by atoms with Crippen LogP contribution < -0.4 is 5.32 Å². The lowest BCUT2D eigenvalue weighted by Gasteiger charge is -2.17. The zero-order chi connectivity index (χ0) is 13.1. The molecule has 0 aliphatic rings. The van der Waals surface area contributed by atoms with E-state index in [-0.39, 0.29) is 6.04 Å². The van der Waals surface area contributed by atoms with E-state index in [1.54, 1.807) is 7.05 Å². The highest BCUT2D eigenvalue weighted by Gasteiger charge is 2.15. The number of rotatable bonds is 4. The fourth-order valence-electron chi connectivity index (χ4n) is 2.17. The number of hydrogen-bond donors (Lipinski definition) is 1. The minimum Gasteiger partial charge on any atom is -0.313 e. The Kier molecular flexibility index (Phi) is 3.72. The molecule has 96 valence electrons. The van der Waals surface area contributed by atoms with E-state index in [0.717, 1.165) is 12.2 Å². The SMILES string of the molecule is CNC(Cc1nnn(C)n1)c1ccc(C)cc1C. The van der Waals surface area contributed by atoms with Crippen LogP contribution in [-0.4, -0.2) is 27.3 Å². The highest BCUT2D eigenvalue weighted by atomic mass is 15.6. The molecule has 5 heteroatoms. The molecule has 1 unspecified atom stereocenters. The molecule has 0 aliphatic carbocycles. The van der Waals surface area contributed by atoms with Gasteiger partial charge in [-0.25, -0.2) is 0 Å². The van der Waals surface area contributed by atoms with Crippen molar-refractivity contribution in [1.29, 1.82) is 0 Å². The molecule has 1 atom stereocenters. The quantitative estimate of drug-likeness (QED) is 0.883. The summed E-state index contributed by atoms with van der Waals surface area (Å²) in [5.41, 5.74) is 3.86. The third-order valence-electron chi connectivity index (χ3n) is 3.09.